The van der Waals surface area contributed by atoms with Crippen LogP contribution in [0.1, 0.15) is 47.1 Å². The van der Waals surface area contributed by atoms with E-state index >= 15 is 0 Å². The Morgan fingerprint density at radius 1 is 1.17 bits per heavy atom. The van der Waals surface area contributed by atoms with E-state index in [4.69, 9.17) is 0 Å². The SMILES string of the molecule is Cc1ncccc1C(=O)N1CCCCC1c1ccn2ccnc2n1. The Labute approximate surface area is 140 Å². The molecule has 0 aliphatic carbocycles. The summed E-state index contributed by atoms with van der Waals surface area (Å²) in [6.45, 7) is 2.63. The van der Waals surface area contributed by atoms with Crippen LogP contribution in [0.5, 0.6) is 0 Å². The van der Waals surface area contributed by atoms with Crippen molar-refractivity contribution < 1.29 is 4.79 Å². The number of hydrogen-bond acceptors (Lipinski definition) is 4. The van der Waals surface area contributed by atoms with Crippen LogP contribution in [0, 0.1) is 6.92 Å². The van der Waals surface area contributed by atoms with Crippen molar-refractivity contribution in [3.05, 3.63) is 59.9 Å². The van der Waals surface area contributed by atoms with Crippen LogP contribution < -0.4 is 0 Å². The van der Waals surface area contributed by atoms with E-state index in [1.807, 2.05) is 46.8 Å². The first kappa shape index (κ1) is 14.8. The number of rotatable bonds is 2. The summed E-state index contributed by atoms with van der Waals surface area (Å²) in [6.07, 6.45) is 10.3. The third-order valence-corrected chi connectivity index (χ3v) is 4.63. The molecule has 0 N–H and O–H groups in total. The van der Waals surface area contributed by atoms with Gasteiger partial charge in [0.1, 0.15) is 0 Å². The number of piperidine rings is 1. The summed E-state index contributed by atoms with van der Waals surface area (Å²) >= 11 is 0. The number of aryl methyl sites for hydroxylation is 1. The van der Waals surface area contributed by atoms with Gasteiger partial charge in [-0.15, -0.1) is 0 Å². The first-order valence-corrected chi connectivity index (χ1v) is 8.26. The van der Waals surface area contributed by atoms with E-state index in [0.29, 0.717) is 11.3 Å². The van der Waals surface area contributed by atoms with Gasteiger partial charge in [0.2, 0.25) is 5.78 Å². The molecule has 1 atom stereocenters. The molecule has 6 heteroatoms. The Bertz CT molecular complexity index is 888. The van der Waals surface area contributed by atoms with Gasteiger partial charge >= 0.3 is 0 Å². The number of pyridine rings is 1. The molecule has 1 saturated heterocycles. The van der Waals surface area contributed by atoms with E-state index in [0.717, 1.165) is 37.2 Å². The van der Waals surface area contributed by atoms with Gasteiger partial charge in [0.15, 0.2) is 0 Å². The second-order valence-corrected chi connectivity index (χ2v) is 6.13. The molecule has 1 aliphatic rings. The Balaban J connectivity index is 1.70. The van der Waals surface area contributed by atoms with Crippen LogP contribution >= 0.6 is 0 Å². The zero-order chi connectivity index (χ0) is 16.5. The number of amides is 1. The van der Waals surface area contributed by atoms with Crippen molar-refractivity contribution in [3.63, 3.8) is 0 Å². The zero-order valence-electron chi connectivity index (χ0n) is 13.6. The molecule has 6 nitrogen and oxygen atoms in total. The van der Waals surface area contributed by atoms with Crippen molar-refractivity contribution in [3.8, 4) is 0 Å². The standard InChI is InChI=1S/C18H19N5O/c1-13-14(5-4-8-19-13)17(24)23-10-3-2-6-16(23)15-7-11-22-12-9-20-18(22)21-15/h4-5,7-9,11-12,16H,2-3,6,10H2,1H3. The van der Waals surface area contributed by atoms with Gasteiger partial charge in [-0.2, -0.15) is 0 Å². The van der Waals surface area contributed by atoms with Gasteiger partial charge in [0.25, 0.3) is 5.91 Å². The lowest BCUT2D eigenvalue weighted by atomic mass is 9.97. The second kappa shape index (κ2) is 6.03. The first-order valence-electron chi connectivity index (χ1n) is 8.26. The average Bonchev–Trinajstić information content (AvgIpc) is 3.09. The highest BCUT2D eigenvalue weighted by Crippen LogP contribution is 2.31. The monoisotopic (exact) mass is 321 g/mol. The summed E-state index contributed by atoms with van der Waals surface area (Å²) in [4.78, 5) is 28.2. The molecule has 0 spiro atoms. The van der Waals surface area contributed by atoms with E-state index in [1.165, 1.54) is 0 Å². The minimum Gasteiger partial charge on any atom is -0.330 e. The van der Waals surface area contributed by atoms with Crippen LogP contribution in [-0.2, 0) is 0 Å². The van der Waals surface area contributed by atoms with Gasteiger partial charge in [0, 0.05) is 37.0 Å². The molecule has 0 aromatic carbocycles. The summed E-state index contributed by atoms with van der Waals surface area (Å²) in [5.74, 6) is 0.707. The smallest absolute Gasteiger partial charge is 0.256 e. The molecule has 1 unspecified atom stereocenters. The molecule has 24 heavy (non-hydrogen) atoms. The number of likely N-dealkylation sites (tertiary alicyclic amines) is 1. The molecule has 1 fully saturated rings. The van der Waals surface area contributed by atoms with E-state index in [2.05, 4.69) is 15.0 Å². The molecule has 1 aliphatic heterocycles. The molecule has 122 valence electrons. The average molecular weight is 321 g/mol. The molecule has 0 bridgehead atoms. The molecule has 0 saturated carbocycles. The van der Waals surface area contributed by atoms with Crippen LogP contribution in [-0.4, -0.2) is 36.7 Å². The highest BCUT2D eigenvalue weighted by molar-refractivity contribution is 5.95. The van der Waals surface area contributed by atoms with Gasteiger partial charge in [-0.3, -0.25) is 14.2 Å². The third kappa shape index (κ3) is 2.54. The third-order valence-electron chi connectivity index (χ3n) is 4.63. The fourth-order valence-corrected chi connectivity index (χ4v) is 3.35. The van der Waals surface area contributed by atoms with Gasteiger partial charge < -0.3 is 4.90 Å². The molecular weight excluding hydrogens is 302 g/mol. The van der Waals surface area contributed by atoms with E-state index < -0.39 is 0 Å². The maximum absolute atomic E-state index is 13.1. The lowest BCUT2D eigenvalue weighted by Gasteiger charge is -2.35. The van der Waals surface area contributed by atoms with Gasteiger partial charge in [-0.25, -0.2) is 9.97 Å². The van der Waals surface area contributed by atoms with Crippen molar-refractivity contribution in [2.75, 3.05) is 6.54 Å². The van der Waals surface area contributed by atoms with Gasteiger partial charge in [0.05, 0.1) is 17.3 Å². The number of aromatic nitrogens is 4. The quantitative estimate of drug-likeness (QED) is 0.728. The van der Waals surface area contributed by atoms with Crippen LogP contribution in [0.4, 0.5) is 0 Å². The number of carbonyl (C=O) groups excluding carboxylic acids is 1. The van der Waals surface area contributed by atoms with Crippen LogP contribution in [0.2, 0.25) is 0 Å². The fourth-order valence-electron chi connectivity index (χ4n) is 3.35. The minimum absolute atomic E-state index is 0.00689. The zero-order valence-corrected chi connectivity index (χ0v) is 13.6. The lowest BCUT2D eigenvalue weighted by Crippen LogP contribution is -2.39. The topological polar surface area (TPSA) is 63.4 Å². The van der Waals surface area contributed by atoms with Crippen LogP contribution in [0.3, 0.4) is 0 Å². The van der Waals surface area contributed by atoms with Crippen molar-refractivity contribution in [1.29, 1.82) is 0 Å². The highest BCUT2D eigenvalue weighted by Gasteiger charge is 2.30. The van der Waals surface area contributed by atoms with Crippen molar-refractivity contribution in [2.24, 2.45) is 0 Å². The number of hydrogen-bond donors (Lipinski definition) is 0. The maximum atomic E-state index is 13.1. The van der Waals surface area contributed by atoms with Gasteiger partial charge in [-0.05, 0) is 44.4 Å². The molecular formula is C18H19N5O. The van der Waals surface area contributed by atoms with Crippen LogP contribution in [0.15, 0.2) is 43.0 Å². The summed E-state index contributed by atoms with van der Waals surface area (Å²) < 4.78 is 1.88. The Morgan fingerprint density at radius 2 is 2.08 bits per heavy atom. The Morgan fingerprint density at radius 3 is 2.96 bits per heavy atom. The molecule has 3 aromatic rings. The van der Waals surface area contributed by atoms with E-state index in [1.54, 1.807) is 12.4 Å². The molecule has 1 amide bonds. The predicted molar refractivity (Wildman–Crippen MR) is 89.6 cm³/mol. The second-order valence-electron chi connectivity index (χ2n) is 6.13. The Hall–Kier alpha value is -2.76. The first-order chi connectivity index (χ1) is 11.7. The van der Waals surface area contributed by atoms with Crippen molar-refractivity contribution in [2.45, 2.75) is 32.2 Å². The Kier molecular flexibility index (Phi) is 3.72. The van der Waals surface area contributed by atoms with E-state index in [9.17, 15) is 4.79 Å². The summed E-state index contributed by atoms with van der Waals surface area (Å²) in [6, 6.07) is 5.64. The van der Waals surface area contributed by atoms with Gasteiger partial charge in [-0.1, -0.05) is 0 Å². The van der Waals surface area contributed by atoms with Crippen molar-refractivity contribution in [1.82, 2.24) is 24.3 Å². The van der Waals surface area contributed by atoms with E-state index in [-0.39, 0.29) is 11.9 Å². The number of imidazole rings is 1. The normalized spacial score (nSPS) is 18.0. The fraction of sp³-hybridized carbons (Fsp3) is 0.333. The molecule has 4 heterocycles. The summed E-state index contributed by atoms with van der Waals surface area (Å²) in [5, 5.41) is 0. The lowest BCUT2D eigenvalue weighted by molar-refractivity contribution is 0.0605. The maximum Gasteiger partial charge on any atom is 0.256 e. The number of carbonyl (C=O) groups is 1. The van der Waals surface area contributed by atoms with Crippen molar-refractivity contribution >= 4 is 11.7 Å². The molecule has 3 aromatic heterocycles. The number of nitrogens with zero attached hydrogens (tertiary/aromatic N) is 5. The number of fused-ring (bicyclic) bond motifs is 1. The summed E-state index contributed by atoms with van der Waals surface area (Å²) in [5.41, 5.74) is 2.35. The molecule has 0 radical (unpaired) electrons. The predicted octanol–water partition coefficient (Wildman–Crippen LogP) is 2.80. The summed E-state index contributed by atoms with van der Waals surface area (Å²) in [7, 11) is 0. The molecule has 4 rings (SSSR count). The highest BCUT2D eigenvalue weighted by atomic mass is 16.2. The minimum atomic E-state index is -0.00689. The largest absolute Gasteiger partial charge is 0.330 e. The van der Waals surface area contributed by atoms with Crippen LogP contribution in [0.25, 0.3) is 5.78 Å².